The molecule has 3 heteroatoms. The van der Waals surface area contributed by atoms with E-state index in [1.807, 2.05) is 18.2 Å². The molecule has 0 radical (unpaired) electrons. The van der Waals surface area contributed by atoms with Crippen molar-refractivity contribution >= 4 is 55.3 Å². The molecular formula is C24H14ClNO. The Bertz CT molecular complexity index is 1440. The number of hydrogen-bond acceptors (Lipinski definition) is 1. The van der Waals surface area contributed by atoms with Gasteiger partial charge in [0.2, 0.25) is 0 Å². The van der Waals surface area contributed by atoms with Crippen molar-refractivity contribution in [3.05, 3.63) is 90.0 Å². The van der Waals surface area contributed by atoms with Crippen LogP contribution in [0.15, 0.2) is 89.3 Å². The molecule has 0 fully saturated rings. The molecule has 2 aromatic heterocycles. The molecule has 0 bridgehead atoms. The van der Waals surface area contributed by atoms with Crippen molar-refractivity contribution in [1.82, 2.24) is 4.57 Å². The summed E-state index contributed by atoms with van der Waals surface area (Å²) in [5.41, 5.74) is 5.11. The zero-order valence-electron chi connectivity index (χ0n) is 14.3. The van der Waals surface area contributed by atoms with E-state index in [1.165, 1.54) is 21.8 Å². The predicted molar refractivity (Wildman–Crippen MR) is 113 cm³/mol. The van der Waals surface area contributed by atoms with Crippen molar-refractivity contribution in [3.8, 4) is 5.69 Å². The van der Waals surface area contributed by atoms with E-state index in [-0.39, 0.29) is 0 Å². The Labute approximate surface area is 160 Å². The maximum Gasteiger partial charge on any atom is 0.159 e. The highest BCUT2D eigenvalue weighted by atomic mass is 35.5. The first-order valence-electron chi connectivity index (χ1n) is 8.90. The lowest BCUT2D eigenvalue weighted by molar-refractivity contribution is 0.666. The number of hydrogen-bond donors (Lipinski definition) is 0. The Morgan fingerprint density at radius 1 is 0.630 bits per heavy atom. The van der Waals surface area contributed by atoms with Crippen molar-refractivity contribution in [1.29, 1.82) is 0 Å². The molecule has 6 rings (SSSR count). The molecule has 0 aliphatic carbocycles. The molecule has 0 unspecified atom stereocenters. The maximum atomic E-state index is 6.28. The molecule has 2 nitrogen and oxygen atoms in total. The Morgan fingerprint density at radius 3 is 2.04 bits per heavy atom. The molecule has 6 aromatic rings. The minimum Gasteiger partial charge on any atom is -0.454 e. The minimum absolute atomic E-state index is 0.715. The fraction of sp³-hybridized carbons (Fsp3) is 0. The lowest BCUT2D eigenvalue weighted by atomic mass is 10.1. The molecule has 27 heavy (non-hydrogen) atoms. The van der Waals surface area contributed by atoms with E-state index in [4.69, 9.17) is 16.0 Å². The van der Waals surface area contributed by atoms with Crippen LogP contribution in [0.2, 0.25) is 5.02 Å². The minimum atomic E-state index is 0.715. The van der Waals surface area contributed by atoms with Gasteiger partial charge in [0.1, 0.15) is 5.58 Å². The number of para-hydroxylation sites is 3. The quantitative estimate of drug-likeness (QED) is 0.297. The van der Waals surface area contributed by atoms with Crippen molar-refractivity contribution in [2.45, 2.75) is 0 Å². The zero-order valence-corrected chi connectivity index (χ0v) is 15.1. The summed E-state index contributed by atoms with van der Waals surface area (Å²) in [6.07, 6.45) is 0. The van der Waals surface area contributed by atoms with Crippen LogP contribution in [0.1, 0.15) is 0 Å². The second kappa shape index (κ2) is 5.38. The molecule has 0 aliphatic heterocycles. The van der Waals surface area contributed by atoms with E-state index >= 15 is 0 Å². The SMILES string of the molecule is Clc1ccc2oc3c(-n4c5ccccc5c5ccccc54)cccc3c2c1. The largest absolute Gasteiger partial charge is 0.454 e. The summed E-state index contributed by atoms with van der Waals surface area (Å²) >= 11 is 6.22. The molecule has 0 aliphatic rings. The van der Waals surface area contributed by atoms with Gasteiger partial charge in [0.05, 0.1) is 16.7 Å². The van der Waals surface area contributed by atoms with Gasteiger partial charge in [-0.25, -0.2) is 0 Å². The molecule has 4 aromatic carbocycles. The molecule has 2 heterocycles. The van der Waals surface area contributed by atoms with Gasteiger partial charge in [-0.2, -0.15) is 0 Å². The van der Waals surface area contributed by atoms with E-state index in [0.29, 0.717) is 5.02 Å². The smallest absolute Gasteiger partial charge is 0.159 e. The predicted octanol–water partition coefficient (Wildman–Crippen LogP) is 7.34. The van der Waals surface area contributed by atoms with Crippen LogP contribution in [0, 0.1) is 0 Å². The molecule has 128 valence electrons. The molecule has 0 atom stereocenters. The zero-order chi connectivity index (χ0) is 18.0. The van der Waals surface area contributed by atoms with Crippen LogP contribution in [-0.2, 0) is 0 Å². The fourth-order valence-corrected chi connectivity index (χ4v) is 4.29. The first-order valence-corrected chi connectivity index (χ1v) is 9.28. The van der Waals surface area contributed by atoms with E-state index in [2.05, 4.69) is 71.3 Å². The standard InChI is InChI=1S/C24H14ClNO/c25-15-12-13-23-19(14-15)18-8-5-11-22(24(18)27-23)26-20-9-3-1-6-16(20)17-7-2-4-10-21(17)26/h1-14H. The molecule has 0 spiro atoms. The number of rotatable bonds is 1. The van der Waals surface area contributed by atoms with Crippen LogP contribution < -0.4 is 0 Å². The Morgan fingerprint density at radius 2 is 1.30 bits per heavy atom. The molecule has 0 N–H and O–H groups in total. The van der Waals surface area contributed by atoms with Crippen LogP contribution >= 0.6 is 11.6 Å². The van der Waals surface area contributed by atoms with E-state index in [1.54, 1.807) is 0 Å². The van der Waals surface area contributed by atoms with E-state index in [9.17, 15) is 0 Å². The Balaban J connectivity index is 1.82. The van der Waals surface area contributed by atoms with Crippen molar-refractivity contribution < 1.29 is 4.42 Å². The third-order valence-electron chi connectivity index (χ3n) is 5.26. The van der Waals surface area contributed by atoms with E-state index in [0.717, 1.165) is 27.6 Å². The van der Waals surface area contributed by atoms with Gasteiger partial charge in [-0.1, -0.05) is 60.1 Å². The van der Waals surface area contributed by atoms with Gasteiger partial charge in [0.25, 0.3) is 0 Å². The van der Waals surface area contributed by atoms with Crippen LogP contribution in [0.4, 0.5) is 0 Å². The second-order valence-corrected chi connectivity index (χ2v) is 7.20. The Kier molecular flexibility index (Phi) is 2.97. The monoisotopic (exact) mass is 367 g/mol. The van der Waals surface area contributed by atoms with Gasteiger partial charge < -0.3 is 8.98 Å². The van der Waals surface area contributed by atoms with Gasteiger partial charge in [-0.3, -0.25) is 0 Å². The summed E-state index contributed by atoms with van der Waals surface area (Å²) in [5.74, 6) is 0. The van der Waals surface area contributed by atoms with Gasteiger partial charge in [-0.15, -0.1) is 0 Å². The first kappa shape index (κ1) is 14.9. The second-order valence-electron chi connectivity index (χ2n) is 6.77. The lowest BCUT2D eigenvalue weighted by Crippen LogP contribution is -1.93. The van der Waals surface area contributed by atoms with Gasteiger partial charge in [0.15, 0.2) is 5.58 Å². The van der Waals surface area contributed by atoms with Crippen molar-refractivity contribution in [2.75, 3.05) is 0 Å². The van der Waals surface area contributed by atoms with Crippen LogP contribution in [-0.4, -0.2) is 4.57 Å². The summed E-state index contributed by atoms with van der Waals surface area (Å²) in [4.78, 5) is 0. The average Bonchev–Trinajstić information content (AvgIpc) is 3.24. The summed E-state index contributed by atoms with van der Waals surface area (Å²) in [6, 6.07) is 29.1. The van der Waals surface area contributed by atoms with E-state index < -0.39 is 0 Å². The highest BCUT2D eigenvalue weighted by Gasteiger charge is 2.16. The molecule has 0 saturated carbocycles. The molecular weight excluding hydrogens is 354 g/mol. The van der Waals surface area contributed by atoms with Crippen LogP contribution in [0.25, 0.3) is 49.4 Å². The third-order valence-corrected chi connectivity index (χ3v) is 5.49. The number of fused-ring (bicyclic) bond motifs is 6. The lowest BCUT2D eigenvalue weighted by Gasteiger charge is -2.08. The fourth-order valence-electron chi connectivity index (χ4n) is 4.11. The summed E-state index contributed by atoms with van der Waals surface area (Å²) in [7, 11) is 0. The van der Waals surface area contributed by atoms with Gasteiger partial charge in [-0.05, 0) is 36.4 Å². The number of furan rings is 1. The number of benzene rings is 4. The normalized spacial score (nSPS) is 11.9. The topological polar surface area (TPSA) is 18.1 Å². The van der Waals surface area contributed by atoms with Crippen LogP contribution in [0.3, 0.4) is 0 Å². The molecule has 0 amide bonds. The number of aromatic nitrogens is 1. The van der Waals surface area contributed by atoms with Gasteiger partial charge in [0, 0.05) is 26.6 Å². The summed E-state index contributed by atoms with van der Waals surface area (Å²) in [5, 5.41) is 5.31. The highest BCUT2D eigenvalue weighted by Crippen LogP contribution is 2.38. The number of nitrogens with zero attached hydrogens (tertiary/aromatic N) is 1. The third kappa shape index (κ3) is 2.02. The first-order chi connectivity index (χ1) is 13.3. The van der Waals surface area contributed by atoms with Gasteiger partial charge >= 0.3 is 0 Å². The van der Waals surface area contributed by atoms with Crippen molar-refractivity contribution in [3.63, 3.8) is 0 Å². The summed E-state index contributed by atoms with van der Waals surface area (Å²) in [6.45, 7) is 0. The van der Waals surface area contributed by atoms with Crippen molar-refractivity contribution in [2.24, 2.45) is 0 Å². The summed E-state index contributed by atoms with van der Waals surface area (Å²) < 4.78 is 8.57. The highest BCUT2D eigenvalue weighted by molar-refractivity contribution is 6.31. The number of halogens is 1. The maximum absolute atomic E-state index is 6.28. The Hall–Kier alpha value is -3.23. The van der Waals surface area contributed by atoms with Crippen LogP contribution in [0.5, 0.6) is 0 Å². The average molecular weight is 368 g/mol. The molecule has 0 saturated heterocycles.